The number of carbonyl (C=O) groups is 2. The normalized spacial score (nSPS) is 12.0. The topological polar surface area (TPSA) is 131 Å². The van der Waals surface area contributed by atoms with Crippen molar-refractivity contribution in [3.8, 4) is 11.8 Å². The number of rotatable bonds is 7. The summed E-state index contributed by atoms with van der Waals surface area (Å²) in [5.41, 5.74) is 2.54. The van der Waals surface area contributed by atoms with Gasteiger partial charge in [-0.15, -0.1) is 10.2 Å². The van der Waals surface area contributed by atoms with Gasteiger partial charge >= 0.3 is 5.97 Å². The Morgan fingerprint density at radius 3 is 2.61 bits per heavy atom. The number of hydrogen-bond acceptors (Lipinski definition) is 9. The Kier molecular flexibility index (Phi) is 6.04. The van der Waals surface area contributed by atoms with Gasteiger partial charge in [0.2, 0.25) is 11.8 Å². The zero-order valence-corrected chi connectivity index (χ0v) is 17.8. The number of benzene rings is 2. The quantitative estimate of drug-likeness (QED) is 0.241. The molecule has 10 nitrogen and oxygen atoms in total. The van der Waals surface area contributed by atoms with Crippen molar-refractivity contribution < 1.29 is 19.1 Å². The van der Waals surface area contributed by atoms with E-state index < -0.39 is 17.8 Å². The van der Waals surface area contributed by atoms with E-state index in [2.05, 4.69) is 20.4 Å². The van der Waals surface area contributed by atoms with Crippen LogP contribution < -0.4 is 4.74 Å². The summed E-state index contributed by atoms with van der Waals surface area (Å²) in [5, 5.41) is 25.7. The lowest BCUT2D eigenvalue weighted by molar-refractivity contribution is 0.0518. The van der Waals surface area contributed by atoms with E-state index in [1.165, 1.54) is 7.11 Å². The average molecular weight is 442 g/mol. The molecule has 0 N–H and O–H groups in total. The third-order valence-electron chi connectivity index (χ3n) is 4.84. The molecule has 2 aromatic carbocycles. The van der Waals surface area contributed by atoms with E-state index >= 15 is 0 Å². The molecule has 4 rings (SSSR count). The number of ketones is 1. The van der Waals surface area contributed by atoms with Crippen LogP contribution in [0, 0.1) is 11.3 Å². The number of azo groups is 1. The molecule has 1 atom stereocenters. The van der Waals surface area contributed by atoms with Gasteiger partial charge in [-0.1, -0.05) is 0 Å². The van der Waals surface area contributed by atoms with Crippen molar-refractivity contribution in [2.45, 2.75) is 13.0 Å². The number of nitrogens with zero attached hydrogens (tertiary/aromatic N) is 6. The minimum Gasteiger partial charge on any atom is -0.497 e. The van der Waals surface area contributed by atoms with Crippen LogP contribution in [-0.4, -0.2) is 46.1 Å². The van der Waals surface area contributed by atoms with Crippen LogP contribution in [0.4, 0.5) is 5.69 Å². The van der Waals surface area contributed by atoms with Crippen LogP contribution in [0.2, 0.25) is 0 Å². The molecule has 0 radical (unpaired) electrons. The number of fused-ring (bicyclic) bond motifs is 3. The second-order valence-electron chi connectivity index (χ2n) is 6.85. The Hall–Kier alpha value is -4.65. The molecule has 2 heterocycles. The van der Waals surface area contributed by atoms with Gasteiger partial charge in [0.25, 0.3) is 0 Å². The predicted molar refractivity (Wildman–Crippen MR) is 118 cm³/mol. The summed E-state index contributed by atoms with van der Waals surface area (Å²) in [6.45, 7) is 1.96. The molecule has 10 heteroatoms. The standard InChI is InChI=1S/C23H18N6O4/c1-3-33-23(31)19-10-11-21-28-26-17-9-6-15(12-20(17)29(19)21)25-27-18(13-24)22(30)14-4-7-16(32-2)8-5-14/h4-12,18H,3H2,1-2H3/b27-25+. The first-order valence-corrected chi connectivity index (χ1v) is 9.99. The van der Waals surface area contributed by atoms with Crippen molar-refractivity contribution in [1.82, 2.24) is 14.6 Å². The minimum absolute atomic E-state index is 0.236. The lowest BCUT2D eigenvalue weighted by Crippen LogP contribution is -2.16. The van der Waals surface area contributed by atoms with Crippen LogP contribution in [0.25, 0.3) is 16.7 Å². The molecule has 0 aliphatic rings. The molecular formula is C23H18N6O4. The van der Waals surface area contributed by atoms with Crippen LogP contribution >= 0.6 is 0 Å². The SMILES string of the molecule is CCOC(=O)c1ccc2nnc3ccc(/N=N/C(C#N)C(=O)c4ccc(OC)cc4)cc3n12. The van der Waals surface area contributed by atoms with E-state index in [1.807, 2.05) is 6.07 Å². The molecule has 164 valence electrons. The molecule has 2 aromatic heterocycles. The fourth-order valence-electron chi connectivity index (χ4n) is 3.24. The molecule has 0 spiro atoms. The van der Waals surface area contributed by atoms with E-state index in [0.717, 1.165) is 0 Å². The van der Waals surface area contributed by atoms with Crippen molar-refractivity contribution in [3.63, 3.8) is 0 Å². The van der Waals surface area contributed by atoms with Crippen molar-refractivity contribution >= 4 is 34.1 Å². The fraction of sp³-hybridized carbons (Fsp3) is 0.174. The summed E-state index contributed by atoms with van der Waals surface area (Å²) in [6, 6.07) is 15.2. The molecule has 0 bridgehead atoms. The summed E-state index contributed by atoms with van der Waals surface area (Å²) in [5.74, 6) is -0.374. The largest absolute Gasteiger partial charge is 0.497 e. The Labute approximate surface area is 188 Å². The highest BCUT2D eigenvalue weighted by Crippen LogP contribution is 2.23. The van der Waals surface area contributed by atoms with Gasteiger partial charge in [0, 0.05) is 5.56 Å². The third-order valence-corrected chi connectivity index (χ3v) is 4.84. The maximum atomic E-state index is 12.6. The van der Waals surface area contributed by atoms with E-state index in [-0.39, 0.29) is 6.61 Å². The van der Waals surface area contributed by atoms with Crippen LogP contribution in [0.3, 0.4) is 0 Å². The Morgan fingerprint density at radius 2 is 1.91 bits per heavy atom. The highest BCUT2D eigenvalue weighted by molar-refractivity contribution is 6.02. The van der Waals surface area contributed by atoms with E-state index in [0.29, 0.717) is 39.4 Å². The van der Waals surface area contributed by atoms with Crippen molar-refractivity contribution in [3.05, 3.63) is 65.9 Å². The first-order chi connectivity index (χ1) is 16.0. The summed E-state index contributed by atoms with van der Waals surface area (Å²) in [7, 11) is 1.52. The molecule has 0 saturated heterocycles. The Bertz CT molecular complexity index is 1420. The molecule has 0 aliphatic heterocycles. The first-order valence-electron chi connectivity index (χ1n) is 9.99. The zero-order chi connectivity index (χ0) is 23.4. The van der Waals surface area contributed by atoms with Gasteiger partial charge in [0.1, 0.15) is 17.0 Å². The molecule has 4 aromatic rings. The third kappa shape index (κ3) is 4.24. The van der Waals surface area contributed by atoms with Gasteiger partial charge in [0.15, 0.2) is 5.65 Å². The van der Waals surface area contributed by atoms with Gasteiger partial charge in [-0.3, -0.25) is 9.20 Å². The highest BCUT2D eigenvalue weighted by Gasteiger charge is 2.20. The number of Topliss-reactive ketones (excluding diaryl/α,β-unsaturated/α-hetero) is 1. The van der Waals surface area contributed by atoms with Gasteiger partial charge < -0.3 is 9.47 Å². The van der Waals surface area contributed by atoms with Crippen LogP contribution in [0.15, 0.2) is 64.8 Å². The average Bonchev–Trinajstić information content (AvgIpc) is 3.29. The Balaban J connectivity index is 1.68. The summed E-state index contributed by atoms with van der Waals surface area (Å²) >= 11 is 0. The monoisotopic (exact) mass is 442 g/mol. The Morgan fingerprint density at radius 1 is 1.12 bits per heavy atom. The number of ether oxygens (including phenoxy) is 2. The molecule has 0 amide bonds. The van der Waals surface area contributed by atoms with E-state index in [9.17, 15) is 14.9 Å². The van der Waals surface area contributed by atoms with Crippen molar-refractivity contribution in [2.24, 2.45) is 10.2 Å². The van der Waals surface area contributed by atoms with E-state index in [4.69, 9.17) is 9.47 Å². The van der Waals surface area contributed by atoms with Gasteiger partial charge in [-0.2, -0.15) is 15.5 Å². The van der Waals surface area contributed by atoms with Crippen molar-refractivity contribution in [2.75, 3.05) is 13.7 Å². The highest BCUT2D eigenvalue weighted by atomic mass is 16.5. The summed E-state index contributed by atoms with van der Waals surface area (Å²) in [4.78, 5) is 25.0. The van der Waals surface area contributed by atoms with Crippen LogP contribution in [-0.2, 0) is 4.74 Å². The maximum Gasteiger partial charge on any atom is 0.355 e. The summed E-state index contributed by atoms with van der Waals surface area (Å²) in [6.07, 6.45) is 0. The van der Waals surface area contributed by atoms with Crippen molar-refractivity contribution in [1.29, 1.82) is 5.26 Å². The van der Waals surface area contributed by atoms with E-state index in [1.54, 1.807) is 65.9 Å². The number of hydrogen-bond donors (Lipinski definition) is 0. The minimum atomic E-state index is -1.31. The van der Waals surface area contributed by atoms with Gasteiger partial charge in [0.05, 0.1) is 31.0 Å². The predicted octanol–water partition coefficient (Wildman–Crippen LogP) is 3.93. The molecule has 1 unspecified atom stereocenters. The van der Waals surface area contributed by atoms with Crippen LogP contribution in [0.1, 0.15) is 27.8 Å². The number of carbonyl (C=O) groups excluding carboxylic acids is 2. The smallest absolute Gasteiger partial charge is 0.355 e. The fourth-order valence-corrected chi connectivity index (χ4v) is 3.24. The van der Waals surface area contributed by atoms with Gasteiger partial charge in [-0.05, 0) is 61.5 Å². The second kappa shape index (κ2) is 9.23. The van der Waals surface area contributed by atoms with Gasteiger partial charge in [-0.25, -0.2) is 4.79 Å². The summed E-state index contributed by atoms with van der Waals surface area (Å²) < 4.78 is 11.8. The second-order valence-corrected chi connectivity index (χ2v) is 6.85. The lowest BCUT2D eigenvalue weighted by atomic mass is 10.1. The number of methoxy groups -OCH3 is 1. The molecule has 0 fully saturated rings. The molecular weight excluding hydrogens is 424 g/mol. The molecule has 33 heavy (non-hydrogen) atoms. The number of aromatic nitrogens is 3. The van der Waals surface area contributed by atoms with Crippen LogP contribution in [0.5, 0.6) is 5.75 Å². The molecule has 0 saturated carbocycles. The zero-order valence-electron chi connectivity index (χ0n) is 17.8. The number of nitriles is 1. The molecule has 0 aliphatic carbocycles. The number of esters is 1. The maximum absolute atomic E-state index is 12.6. The first kappa shape index (κ1) is 21.6. The lowest BCUT2D eigenvalue weighted by Gasteiger charge is -2.07.